The number of amides is 1. The third kappa shape index (κ3) is 8.15. The van der Waals surface area contributed by atoms with E-state index in [1.165, 1.54) is 19.5 Å². The molecule has 0 aliphatic heterocycles. The number of carbonyl (C=O) groups excluding carboxylic acids is 1. The average Bonchev–Trinajstić information content (AvgIpc) is 3.08. The summed E-state index contributed by atoms with van der Waals surface area (Å²) >= 11 is 0. The molecule has 254 valence electrons. The number of methoxy groups -OCH3 is 1. The van der Waals surface area contributed by atoms with E-state index in [9.17, 15) is 26.4 Å². The molecule has 0 saturated heterocycles. The summed E-state index contributed by atoms with van der Waals surface area (Å²) in [6.45, 7) is 1.96. The Bertz CT molecular complexity index is 1840. The fourth-order valence-corrected chi connectivity index (χ4v) is 5.67. The van der Waals surface area contributed by atoms with Crippen molar-refractivity contribution in [2.75, 3.05) is 30.5 Å². The lowest BCUT2D eigenvalue weighted by molar-refractivity contribution is -0.137. The second-order valence-corrected chi connectivity index (χ2v) is 12.2. The summed E-state index contributed by atoms with van der Waals surface area (Å²) in [6, 6.07) is 0.672. The van der Waals surface area contributed by atoms with Crippen LogP contribution in [0.25, 0.3) is 22.5 Å². The molecular formula is C29H31F3N10O5S. The van der Waals surface area contributed by atoms with Crippen LogP contribution in [-0.4, -0.2) is 81.6 Å². The van der Waals surface area contributed by atoms with Crippen molar-refractivity contribution >= 4 is 27.7 Å². The molecule has 0 bridgehead atoms. The van der Waals surface area contributed by atoms with E-state index < -0.39 is 32.4 Å². The number of aromatic nitrogens is 7. The zero-order valence-corrected chi connectivity index (χ0v) is 26.6. The van der Waals surface area contributed by atoms with Gasteiger partial charge in [0.05, 0.1) is 30.9 Å². The largest absolute Gasteiger partial charge is 0.467 e. The van der Waals surface area contributed by atoms with Crippen LogP contribution in [0.1, 0.15) is 38.2 Å². The molecule has 4 heterocycles. The summed E-state index contributed by atoms with van der Waals surface area (Å²) in [5.74, 6) is -0.0508. The van der Waals surface area contributed by atoms with Crippen molar-refractivity contribution in [2.24, 2.45) is 5.14 Å². The summed E-state index contributed by atoms with van der Waals surface area (Å²) in [5, 5.41) is 8.23. The zero-order chi connectivity index (χ0) is 34.5. The van der Waals surface area contributed by atoms with Crippen LogP contribution in [0, 0.1) is 0 Å². The van der Waals surface area contributed by atoms with E-state index in [2.05, 4.69) is 40.2 Å². The molecule has 1 aliphatic rings. The highest BCUT2D eigenvalue weighted by molar-refractivity contribution is 7.89. The molecule has 1 aliphatic carbocycles. The first-order valence-electron chi connectivity index (χ1n) is 14.6. The Morgan fingerprint density at radius 1 is 0.979 bits per heavy atom. The normalized spacial score (nSPS) is 16.7. The number of sulfonamides is 1. The fourth-order valence-electron chi connectivity index (χ4n) is 5.17. The Morgan fingerprint density at radius 2 is 1.71 bits per heavy atom. The zero-order valence-electron chi connectivity index (χ0n) is 25.8. The van der Waals surface area contributed by atoms with Crippen LogP contribution in [0.2, 0.25) is 0 Å². The molecule has 5 rings (SSSR count). The summed E-state index contributed by atoms with van der Waals surface area (Å²) in [7, 11) is -2.77. The maximum Gasteiger partial charge on any atom is 0.419 e. The maximum atomic E-state index is 13.9. The Balaban J connectivity index is 1.33. The second kappa shape index (κ2) is 14.5. The number of nitrogens with one attached hydrogen (secondary N) is 1. The molecule has 19 heteroatoms. The minimum atomic E-state index is -4.83. The molecule has 0 radical (unpaired) electrons. The van der Waals surface area contributed by atoms with E-state index in [0.29, 0.717) is 55.6 Å². The Labute approximate surface area is 273 Å². The Hall–Kier alpha value is -4.88. The highest BCUT2D eigenvalue weighted by Crippen LogP contribution is 2.37. The van der Waals surface area contributed by atoms with Crippen molar-refractivity contribution in [2.45, 2.75) is 55.8 Å². The third-order valence-corrected chi connectivity index (χ3v) is 8.37. The van der Waals surface area contributed by atoms with Gasteiger partial charge in [-0.1, -0.05) is 0 Å². The molecular weight excluding hydrogens is 657 g/mol. The van der Waals surface area contributed by atoms with Crippen LogP contribution in [0.15, 0.2) is 54.3 Å². The molecule has 4 aromatic rings. The smallest absolute Gasteiger partial charge is 0.419 e. The van der Waals surface area contributed by atoms with Gasteiger partial charge in [-0.3, -0.25) is 19.7 Å². The average molecular weight is 689 g/mol. The van der Waals surface area contributed by atoms with Crippen LogP contribution >= 0.6 is 0 Å². The molecule has 1 saturated carbocycles. The van der Waals surface area contributed by atoms with Crippen molar-refractivity contribution in [1.29, 1.82) is 0 Å². The highest BCUT2D eigenvalue weighted by Gasteiger charge is 2.36. The quantitative estimate of drug-likeness (QED) is 0.233. The number of anilines is 2. The van der Waals surface area contributed by atoms with Crippen molar-refractivity contribution in [3.05, 3.63) is 55.0 Å². The van der Waals surface area contributed by atoms with Crippen LogP contribution in [0.5, 0.6) is 6.01 Å². The first-order chi connectivity index (χ1) is 22.9. The summed E-state index contributed by atoms with van der Waals surface area (Å²) < 4.78 is 75.6. The number of alkyl halides is 3. The number of pyridine rings is 1. The van der Waals surface area contributed by atoms with Gasteiger partial charge in [-0.15, -0.1) is 0 Å². The van der Waals surface area contributed by atoms with Gasteiger partial charge in [0.1, 0.15) is 17.1 Å². The minimum Gasteiger partial charge on any atom is -0.467 e. The molecule has 4 aromatic heterocycles. The molecule has 0 unspecified atom stereocenters. The number of halogens is 3. The van der Waals surface area contributed by atoms with Crippen molar-refractivity contribution < 1.29 is 35.9 Å². The van der Waals surface area contributed by atoms with E-state index >= 15 is 0 Å². The van der Waals surface area contributed by atoms with Crippen LogP contribution in [0.4, 0.5) is 24.9 Å². The Kier molecular flexibility index (Phi) is 10.4. The first-order valence-corrected chi connectivity index (χ1v) is 16.2. The van der Waals surface area contributed by atoms with Crippen LogP contribution < -0.4 is 20.1 Å². The predicted molar refractivity (Wildman–Crippen MR) is 165 cm³/mol. The maximum absolute atomic E-state index is 13.9. The topological polar surface area (TPSA) is 201 Å². The van der Waals surface area contributed by atoms with Gasteiger partial charge in [-0.2, -0.15) is 13.2 Å². The summed E-state index contributed by atoms with van der Waals surface area (Å²) in [6.07, 6.45) is 5.95. The lowest BCUT2D eigenvalue weighted by Crippen LogP contribution is -2.46. The summed E-state index contributed by atoms with van der Waals surface area (Å²) in [4.78, 5) is 43.2. The molecule has 1 amide bonds. The SMILES string of the molecule is CCOCC(=O)N(c1cnc(-c2cnc(OC)nc2)cn1)C1CCC(Nc2ncc(C(F)(F)F)c(-c3cncc(S(N)(=O)=O)c3)n2)CC1. The van der Waals surface area contributed by atoms with Crippen LogP contribution in [-0.2, 0) is 25.7 Å². The van der Waals surface area contributed by atoms with E-state index in [4.69, 9.17) is 14.6 Å². The summed E-state index contributed by atoms with van der Waals surface area (Å²) in [5.41, 5.74) is -0.814. The Morgan fingerprint density at radius 3 is 2.31 bits per heavy atom. The predicted octanol–water partition coefficient (Wildman–Crippen LogP) is 3.25. The van der Waals surface area contributed by atoms with Gasteiger partial charge >= 0.3 is 12.2 Å². The van der Waals surface area contributed by atoms with Gasteiger partial charge < -0.3 is 14.8 Å². The molecule has 48 heavy (non-hydrogen) atoms. The van der Waals surface area contributed by atoms with Gasteiger partial charge in [0.25, 0.3) is 5.91 Å². The molecule has 15 nitrogen and oxygen atoms in total. The van der Waals surface area contributed by atoms with Gasteiger partial charge in [-0.25, -0.2) is 38.5 Å². The standard InChI is InChI=1S/C29H31F3N10O5S/c1-3-47-16-25(43)42(24-15-35-23(14-36-24)18-10-38-28(46-2)39-11-18)20-6-4-19(5-7-20)40-27-37-13-22(29(30,31)32)26(41-27)17-8-21(12-34-9-17)48(33,44)45/h8-15,19-20H,3-7,16H2,1-2H3,(H2,33,44,45)(H,37,40,41). The molecule has 1 fully saturated rings. The molecule has 3 N–H and O–H groups in total. The number of rotatable bonds is 11. The minimum absolute atomic E-state index is 0.0873. The van der Waals surface area contributed by atoms with Gasteiger partial charge in [0, 0.05) is 60.8 Å². The molecule has 0 atom stereocenters. The van der Waals surface area contributed by atoms with Crippen LogP contribution in [0.3, 0.4) is 0 Å². The van der Waals surface area contributed by atoms with E-state index in [-0.39, 0.29) is 42.1 Å². The monoisotopic (exact) mass is 688 g/mol. The number of nitrogens with zero attached hydrogens (tertiary/aromatic N) is 8. The second-order valence-electron chi connectivity index (χ2n) is 10.7. The van der Waals surface area contributed by atoms with Gasteiger partial charge in [0.15, 0.2) is 5.82 Å². The van der Waals surface area contributed by atoms with Crippen molar-refractivity contribution in [3.63, 3.8) is 0 Å². The number of ether oxygens (including phenoxy) is 2. The van der Waals surface area contributed by atoms with Crippen molar-refractivity contribution in [3.8, 4) is 28.5 Å². The van der Waals surface area contributed by atoms with Gasteiger partial charge in [-0.05, 0) is 38.7 Å². The first kappa shape index (κ1) is 34.5. The number of hydrogen-bond donors (Lipinski definition) is 2. The lowest BCUT2D eigenvalue weighted by Gasteiger charge is -2.36. The van der Waals surface area contributed by atoms with E-state index in [1.807, 2.05) is 0 Å². The number of carbonyl (C=O) groups is 1. The van der Waals surface area contributed by atoms with E-state index in [1.54, 1.807) is 24.2 Å². The number of hydrogen-bond acceptors (Lipinski definition) is 13. The number of nitrogens with two attached hydrogens (primary N) is 1. The highest BCUT2D eigenvalue weighted by atomic mass is 32.2. The molecule has 0 spiro atoms. The third-order valence-electron chi connectivity index (χ3n) is 7.49. The lowest BCUT2D eigenvalue weighted by atomic mass is 9.90. The molecule has 0 aromatic carbocycles. The fraction of sp³-hybridized carbons (Fsp3) is 0.379. The number of primary sulfonamides is 1. The van der Waals surface area contributed by atoms with Crippen molar-refractivity contribution in [1.82, 2.24) is 34.9 Å². The van der Waals surface area contributed by atoms with E-state index in [0.717, 1.165) is 18.5 Å². The van der Waals surface area contributed by atoms with Gasteiger partial charge in [0.2, 0.25) is 16.0 Å².